The van der Waals surface area contributed by atoms with Crippen LogP contribution in [0, 0.1) is 5.41 Å². The van der Waals surface area contributed by atoms with E-state index in [9.17, 15) is 9.59 Å². The highest BCUT2D eigenvalue weighted by atomic mass is 35.5. The normalized spacial score (nSPS) is 20.4. The zero-order valence-electron chi connectivity index (χ0n) is 17.8. The number of halogens is 1. The Morgan fingerprint density at radius 1 is 1.29 bits per heavy atom. The van der Waals surface area contributed by atoms with E-state index in [1.165, 1.54) is 5.56 Å². The molecule has 1 aliphatic rings. The summed E-state index contributed by atoms with van der Waals surface area (Å²) in [6.07, 6.45) is 0.849. The van der Waals surface area contributed by atoms with Crippen molar-refractivity contribution in [3.63, 3.8) is 0 Å². The number of carbonyl (C=O) groups excluding carboxylic acids is 2. The lowest BCUT2D eigenvalue weighted by Gasteiger charge is -2.45. The van der Waals surface area contributed by atoms with Crippen molar-refractivity contribution in [1.82, 2.24) is 10.2 Å². The lowest BCUT2D eigenvalue weighted by atomic mass is 9.70. The van der Waals surface area contributed by atoms with Gasteiger partial charge in [-0.15, -0.1) is 0 Å². The topological polar surface area (TPSA) is 58.6 Å². The van der Waals surface area contributed by atoms with E-state index in [-0.39, 0.29) is 11.3 Å². The van der Waals surface area contributed by atoms with E-state index >= 15 is 0 Å². The number of amides is 2. The summed E-state index contributed by atoms with van der Waals surface area (Å²) < 4.78 is 5.30. The van der Waals surface area contributed by atoms with Gasteiger partial charge in [0.2, 0.25) is 5.91 Å². The van der Waals surface area contributed by atoms with Crippen LogP contribution in [-0.2, 0) is 9.53 Å². The van der Waals surface area contributed by atoms with Crippen LogP contribution >= 0.6 is 11.6 Å². The second-order valence-electron chi connectivity index (χ2n) is 9.25. The van der Waals surface area contributed by atoms with Gasteiger partial charge in [-0.3, -0.25) is 4.79 Å². The third-order valence-electron chi connectivity index (χ3n) is 5.21. The van der Waals surface area contributed by atoms with Crippen LogP contribution in [0.3, 0.4) is 0 Å². The number of alkyl carbamates (subject to hydrolysis) is 1. The molecule has 5 nitrogen and oxygen atoms in total. The second-order valence-corrected chi connectivity index (χ2v) is 9.68. The predicted octanol–water partition coefficient (Wildman–Crippen LogP) is 4.99. The number of benzene rings is 1. The number of likely N-dealkylation sites (tertiary alicyclic amines) is 1. The molecule has 1 unspecified atom stereocenters. The number of hydrogen-bond donors (Lipinski definition) is 1. The van der Waals surface area contributed by atoms with Crippen molar-refractivity contribution in [2.45, 2.75) is 71.9 Å². The molecule has 1 fully saturated rings. The minimum absolute atomic E-state index is 0.0454. The Hall–Kier alpha value is -1.75. The highest BCUT2D eigenvalue weighted by Gasteiger charge is 2.39. The van der Waals surface area contributed by atoms with Gasteiger partial charge >= 0.3 is 6.09 Å². The van der Waals surface area contributed by atoms with Crippen LogP contribution in [0.2, 0.25) is 5.02 Å². The Morgan fingerprint density at radius 2 is 1.89 bits per heavy atom. The first-order chi connectivity index (χ1) is 12.9. The van der Waals surface area contributed by atoms with Gasteiger partial charge < -0.3 is 15.0 Å². The monoisotopic (exact) mass is 408 g/mol. The molecule has 1 aromatic rings. The molecular formula is C22H33ClN2O3. The van der Waals surface area contributed by atoms with Crippen LogP contribution in [0.25, 0.3) is 0 Å². The maximum Gasteiger partial charge on any atom is 0.408 e. The van der Waals surface area contributed by atoms with Crippen molar-refractivity contribution in [2.24, 2.45) is 5.41 Å². The zero-order chi connectivity index (χ0) is 21.1. The number of nitrogens with one attached hydrogen (secondary N) is 1. The van der Waals surface area contributed by atoms with Gasteiger partial charge in [0, 0.05) is 18.1 Å². The summed E-state index contributed by atoms with van der Waals surface area (Å²) in [7, 11) is 0. The fourth-order valence-electron chi connectivity index (χ4n) is 3.87. The summed E-state index contributed by atoms with van der Waals surface area (Å²) in [6, 6.07) is 7.42. The Kier molecular flexibility index (Phi) is 7.02. The van der Waals surface area contributed by atoms with E-state index in [0.717, 1.165) is 11.4 Å². The summed E-state index contributed by atoms with van der Waals surface area (Å²) in [5.74, 6) is 0.309. The van der Waals surface area contributed by atoms with Crippen LogP contribution in [0.5, 0.6) is 0 Å². The van der Waals surface area contributed by atoms with Gasteiger partial charge in [-0.05, 0) is 62.6 Å². The summed E-state index contributed by atoms with van der Waals surface area (Å²) in [5, 5.41) is 3.46. The van der Waals surface area contributed by atoms with Crippen molar-refractivity contribution < 1.29 is 14.3 Å². The van der Waals surface area contributed by atoms with E-state index in [0.29, 0.717) is 25.4 Å². The lowest BCUT2D eigenvalue weighted by Crippen LogP contribution is -2.54. The van der Waals surface area contributed by atoms with Crippen molar-refractivity contribution in [1.29, 1.82) is 0 Å². The molecule has 2 amide bonds. The number of nitrogens with zero attached hydrogens (tertiary/aromatic N) is 1. The highest BCUT2D eigenvalue weighted by molar-refractivity contribution is 6.30. The number of ether oxygens (including phenoxy) is 1. The van der Waals surface area contributed by atoms with Crippen molar-refractivity contribution >= 4 is 23.6 Å². The third kappa shape index (κ3) is 5.87. The molecule has 0 saturated carbocycles. The summed E-state index contributed by atoms with van der Waals surface area (Å²) in [5.41, 5.74) is 0.580. The average molecular weight is 409 g/mol. The number of piperidine rings is 1. The molecule has 1 heterocycles. The maximum atomic E-state index is 13.0. The van der Waals surface area contributed by atoms with Gasteiger partial charge in [-0.1, -0.05) is 44.5 Å². The molecular weight excluding hydrogens is 376 g/mol. The van der Waals surface area contributed by atoms with Crippen LogP contribution < -0.4 is 5.32 Å². The average Bonchev–Trinajstić information content (AvgIpc) is 2.57. The van der Waals surface area contributed by atoms with Crippen molar-refractivity contribution in [2.75, 3.05) is 13.1 Å². The van der Waals surface area contributed by atoms with Gasteiger partial charge in [0.25, 0.3) is 0 Å². The minimum atomic E-state index is -0.593. The van der Waals surface area contributed by atoms with E-state index in [1.807, 2.05) is 24.0 Å². The highest BCUT2D eigenvalue weighted by Crippen LogP contribution is 2.42. The van der Waals surface area contributed by atoms with E-state index in [4.69, 9.17) is 16.3 Å². The SMILES string of the molecule is CC[C@@H](NC(=O)OC(C)(C)C)C(=O)N1CCC(c2ccc(Cl)cc2)C(C)(C)C1. The molecule has 2 rings (SSSR count). The fraction of sp³-hybridized carbons (Fsp3) is 0.636. The minimum Gasteiger partial charge on any atom is -0.444 e. The molecule has 1 aromatic carbocycles. The van der Waals surface area contributed by atoms with E-state index < -0.39 is 17.7 Å². The van der Waals surface area contributed by atoms with Gasteiger partial charge in [-0.2, -0.15) is 0 Å². The Bertz CT molecular complexity index is 695. The molecule has 0 aromatic heterocycles. The zero-order valence-corrected chi connectivity index (χ0v) is 18.6. The number of rotatable bonds is 4. The molecule has 156 valence electrons. The van der Waals surface area contributed by atoms with Crippen molar-refractivity contribution in [3.8, 4) is 0 Å². The first kappa shape index (κ1) is 22.5. The molecule has 2 atom stereocenters. The van der Waals surface area contributed by atoms with Crippen LogP contribution in [0.15, 0.2) is 24.3 Å². The quantitative estimate of drug-likeness (QED) is 0.763. The lowest BCUT2D eigenvalue weighted by molar-refractivity contribution is -0.137. The molecule has 0 aliphatic carbocycles. The first-order valence-corrected chi connectivity index (χ1v) is 10.3. The molecule has 1 aliphatic heterocycles. The van der Waals surface area contributed by atoms with Gasteiger partial charge in [0.1, 0.15) is 11.6 Å². The van der Waals surface area contributed by atoms with E-state index in [2.05, 4.69) is 31.3 Å². The first-order valence-electron chi connectivity index (χ1n) is 9.96. The molecule has 1 saturated heterocycles. The Labute approximate surface area is 173 Å². The summed E-state index contributed by atoms with van der Waals surface area (Å²) >= 11 is 6.02. The second kappa shape index (κ2) is 8.73. The van der Waals surface area contributed by atoms with Crippen LogP contribution in [-0.4, -0.2) is 41.6 Å². The van der Waals surface area contributed by atoms with Crippen molar-refractivity contribution in [3.05, 3.63) is 34.9 Å². The van der Waals surface area contributed by atoms with Gasteiger partial charge in [0.15, 0.2) is 0 Å². The molecule has 0 bridgehead atoms. The van der Waals surface area contributed by atoms with Crippen LogP contribution in [0.1, 0.15) is 65.9 Å². The van der Waals surface area contributed by atoms with Crippen LogP contribution in [0.4, 0.5) is 4.79 Å². The molecule has 6 heteroatoms. The Morgan fingerprint density at radius 3 is 2.39 bits per heavy atom. The third-order valence-corrected chi connectivity index (χ3v) is 5.46. The Balaban J connectivity index is 2.05. The summed E-state index contributed by atoms with van der Waals surface area (Å²) in [6.45, 7) is 13.0. The maximum absolute atomic E-state index is 13.0. The number of hydrogen-bond acceptors (Lipinski definition) is 3. The predicted molar refractivity (Wildman–Crippen MR) is 113 cm³/mol. The largest absolute Gasteiger partial charge is 0.444 e. The standard InChI is InChI=1S/C22H33ClN2O3/c1-7-18(24-20(27)28-21(2,3)4)19(26)25-13-12-17(22(5,6)14-25)15-8-10-16(23)11-9-15/h8-11,17-18H,7,12-14H2,1-6H3,(H,24,27)/t17?,18-/m1/s1. The molecule has 0 spiro atoms. The van der Waals surface area contributed by atoms with Gasteiger partial charge in [-0.25, -0.2) is 4.79 Å². The molecule has 0 radical (unpaired) electrons. The smallest absolute Gasteiger partial charge is 0.408 e. The molecule has 1 N–H and O–H groups in total. The van der Waals surface area contributed by atoms with E-state index in [1.54, 1.807) is 20.8 Å². The summed E-state index contributed by atoms with van der Waals surface area (Å²) in [4.78, 5) is 27.0. The van der Waals surface area contributed by atoms with Gasteiger partial charge in [0.05, 0.1) is 0 Å². The molecule has 28 heavy (non-hydrogen) atoms. The number of carbonyl (C=O) groups is 2. The fourth-order valence-corrected chi connectivity index (χ4v) is 3.99.